The van der Waals surface area contributed by atoms with Crippen molar-refractivity contribution in [3.63, 3.8) is 0 Å². The lowest BCUT2D eigenvalue weighted by Crippen LogP contribution is -2.32. The van der Waals surface area contributed by atoms with Gasteiger partial charge in [0.25, 0.3) is 0 Å². The van der Waals surface area contributed by atoms with Crippen LogP contribution in [-0.2, 0) is 43.6 Å². The van der Waals surface area contributed by atoms with Crippen molar-refractivity contribution in [2.24, 2.45) is 29.6 Å². The van der Waals surface area contributed by atoms with Crippen molar-refractivity contribution in [3.8, 4) is 5.75 Å². The van der Waals surface area contributed by atoms with E-state index >= 15 is 0 Å². The van der Waals surface area contributed by atoms with E-state index in [9.17, 15) is 29.1 Å². The number of aliphatic carboxylic acids is 1. The molecule has 0 heterocycles. The molecule has 1 aromatic rings. The number of benzene rings is 1. The maximum Gasteiger partial charge on any atom is 0.311 e. The Morgan fingerprint density at radius 2 is 1.13 bits per heavy atom. The number of carbonyl (C=O) groups is 5. The molecule has 68 heavy (non-hydrogen) atoms. The summed E-state index contributed by atoms with van der Waals surface area (Å²) >= 11 is 1.94. The lowest BCUT2D eigenvalue weighted by Gasteiger charge is -2.29. The number of aryl methyl sites for hydroxylation is 2. The molecule has 1 aromatic carbocycles. The third-order valence-electron chi connectivity index (χ3n) is 12.7. The van der Waals surface area contributed by atoms with Crippen LogP contribution in [0.15, 0.2) is 36.4 Å². The molecule has 0 fully saturated rings. The molecular weight excluding hydrogens is 877 g/mol. The molecule has 0 bridgehead atoms. The Kier molecular flexibility index (Phi) is 32.6. The van der Waals surface area contributed by atoms with Crippen LogP contribution in [0.4, 0.5) is 0 Å². The van der Waals surface area contributed by atoms with Crippen molar-refractivity contribution in [2.75, 3.05) is 19.0 Å². The van der Waals surface area contributed by atoms with Crippen molar-refractivity contribution in [1.82, 2.24) is 0 Å². The fourth-order valence-electron chi connectivity index (χ4n) is 8.40. The van der Waals surface area contributed by atoms with Gasteiger partial charge in [-0.05, 0) is 117 Å². The maximum atomic E-state index is 13.4. The van der Waals surface area contributed by atoms with Gasteiger partial charge in [-0.1, -0.05) is 138 Å². The molecule has 0 amide bonds. The van der Waals surface area contributed by atoms with Gasteiger partial charge in [0.15, 0.2) is 6.10 Å². The zero-order valence-corrected chi connectivity index (χ0v) is 45.4. The number of hydrogen-bond acceptors (Lipinski definition) is 10. The minimum Gasteiger partial charge on any atom is -0.481 e. The molecule has 0 saturated carbocycles. The summed E-state index contributed by atoms with van der Waals surface area (Å²) in [5.74, 6) is -0.168. The first-order valence-corrected chi connectivity index (χ1v) is 27.1. The Bertz CT molecular complexity index is 1680. The first-order chi connectivity index (χ1) is 32.1. The zero-order valence-electron chi connectivity index (χ0n) is 44.6. The second-order valence-electron chi connectivity index (χ2n) is 21.0. The number of rotatable bonds is 38. The van der Waals surface area contributed by atoms with Gasteiger partial charge in [-0.3, -0.25) is 24.0 Å². The van der Waals surface area contributed by atoms with Gasteiger partial charge in [0.1, 0.15) is 19.0 Å². The first-order valence-electron chi connectivity index (χ1n) is 26.1. The Morgan fingerprint density at radius 1 is 0.632 bits per heavy atom. The number of unbranched alkanes of at least 4 members (excludes halogenated alkanes) is 10. The number of ether oxygens (including phenoxy) is 4. The molecule has 0 spiro atoms. The van der Waals surface area contributed by atoms with E-state index in [4.69, 9.17) is 18.9 Å². The number of allylic oxidation sites excluding steroid dienone is 3. The summed E-state index contributed by atoms with van der Waals surface area (Å²) in [5, 5.41) is 10.2. The highest BCUT2D eigenvalue weighted by Gasteiger charge is 2.31. The maximum absolute atomic E-state index is 13.4. The predicted octanol–water partition coefficient (Wildman–Crippen LogP) is 14.4. The van der Waals surface area contributed by atoms with E-state index in [0.717, 1.165) is 112 Å². The van der Waals surface area contributed by atoms with Crippen LogP contribution in [0.25, 0.3) is 0 Å². The van der Waals surface area contributed by atoms with E-state index in [2.05, 4.69) is 65.8 Å². The minimum atomic E-state index is -0.922. The van der Waals surface area contributed by atoms with Crippen LogP contribution in [0.3, 0.4) is 0 Å². The lowest BCUT2D eigenvalue weighted by atomic mass is 9.78. The molecule has 5 atom stereocenters. The first kappa shape index (κ1) is 62.4. The van der Waals surface area contributed by atoms with Gasteiger partial charge in [0.2, 0.25) is 0 Å². The quantitative estimate of drug-likeness (QED) is 0.0222. The number of carboxylic acids is 1. The molecule has 0 aliphatic rings. The third kappa shape index (κ3) is 30.1. The van der Waals surface area contributed by atoms with Crippen LogP contribution >= 0.6 is 11.8 Å². The smallest absolute Gasteiger partial charge is 0.311 e. The highest BCUT2D eigenvalue weighted by Crippen LogP contribution is 2.38. The standard InChI is InChI=1S/C57H94O10S/c1-41(2)29-25-21-17-13-14-18-22-26-30-52(60)64-39-49(40-65-53(61)31-27-23-19-15-16-20-24-28-32-68-42(3)4)66-54(62)36-46(8)44(6)35-45(7)47(9)37-55(63)67-50-34-43(5)33-48(10)56(50)57(11,12)38-51(58)59/h21,24-25,28,33-34,41-42,44-47,49H,13-20,22-23,26-27,29-32,35-40H2,1-12H3,(H,58,59)/b25-21-,28-24-. The Labute approximate surface area is 417 Å². The topological polar surface area (TPSA) is 143 Å². The van der Waals surface area contributed by atoms with E-state index in [1.54, 1.807) is 6.07 Å². The van der Waals surface area contributed by atoms with E-state index < -0.39 is 23.5 Å². The SMILES string of the molecule is Cc1cc(C)c(C(C)(C)CC(=O)O)c(OC(=O)CC(C)C(C)CC(C)C(C)CC(=O)OC(COC(=O)CCCCCCC/C=C\CSC(C)C)COC(=O)CCCCCCC/C=C\CC(C)C)c1. The molecule has 1 N–H and O–H groups in total. The van der Waals surface area contributed by atoms with E-state index in [1.165, 1.54) is 0 Å². The van der Waals surface area contributed by atoms with Gasteiger partial charge in [0, 0.05) is 42.4 Å². The van der Waals surface area contributed by atoms with Crippen LogP contribution in [0.5, 0.6) is 5.75 Å². The van der Waals surface area contributed by atoms with Gasteiger partial charge >= 0.3 is 29.8 Å². The molecule has 0 saturated heterocycles. The van der Waals surface area contributed by atoms with Crippen LogP contribution in [0, 0.1) is 43.4 Å². The Morgan fingerprint density at radius 3 is 1.65 bits per heavy atom. The summed E-state index contributed by atoms with van der Waals surface area (Å²) in [6.45, 7) is 24.2. The van der Waals surface area contributed by atoms with Gasteiger partial charge < -0.3 is 24.1 Å². The minimum absolute atomic E-state index is 0.0212. The van der Waals surface area contributed by atoms with Gasteiger partial charge in [-0.2, -0.15) is 11.8 Å². The molecule has 1 rings (SSSR count). The average molecular weight is 971 g/mol. The number of esters is 4. The monoisotopic (exact) mass is 971 g/mol. The largest absolute Gasteiger partial charge is 0.481 e. The van der Waals surface area contributed by atoms with Crippen molar-refractivity contribution in [1.29, 1.82) is 0 Å². The molecule has 0 aliphatic carbocycles. The number of carbonyl (C=O) groups excluding carboxylic acids is 4. The second kappa shape index (κ2) is 35.5. The molecule has 0 radical (unpaired) electrons. The molecule has 388 valence electrons. The predicted molar refractivity (Wildman–Crippen MR) is 279 cm³/mol. The number of carboxylic acid groups (broad SMARTS) is 1. The molecule has 10 nitrogen and oxygen atoms in total. The van der Waals surface area contributed by atoms with E-state index in [0.29, 0.717) is 16.9 Å². The fraction of sp³-hybridized carbons (Fsp3) is 0.737. The summed E-state index contributed by atoms with van der Waals surface area (Å²) in [6, 6.07) is 3.78. The van der Waals surface area contributed by atoms with Crippen LogP contribution < -0.4 is 4.74 Å². The summed E-state index contributed by atoms with van der Waals surface area (Å²) in [5.41, 5.74) is 1.78. The van der Waals surface area contributed by atoms with Gasteiger partial charge in [0.05, 0.1) is 6.42 Å². The van der Waals surface area contributed by atoms with Crippen molar-refractivity contribution >= 4 is 41.6 Å². The van der Waals surface area contributed by atoms with Gasteiger partial charge in [-0.25, -0.2) is 0 Å². The number of hydrogen-bond donors (Lipinski definition) is 1. The third-order valence-corrected chi connectivity index (χ3v) is 13.8. The summed E-state index contributed by atoms with van der Waals surface area (Å²) in [4.78, 5) is 63.9. The average Bonchev–Trinajstić information content (AvgIpc) is 3.23. The molecule has 0 aromatic heterocycles. The van der Waals surface area contributed by atoms with E-state index in [-0.39, 0.29) is 86.9 Å². The zero-order chi connectivity index (χ0) is 51.1. The summed E-state index contributed by atoms with van der Waals surface area (Å²) in [7, 11) is 0. The Hall–Kier alpha value is -3.60. The number of thioether (sulfide) groups is 1. The van der Waals surface area contributed by atoms with Crippen molar-refractivity contribution in [2.45, 2.75) is 222 Å². The Balaban J connectivity index is 2.74. The van der Waals surface area contributed by atoms with Gasteiger partial charge in [-0.15, -0.1) is 0 Å². The highest BCUT2D eigenvalue weighted by atomic mass is 32.2. The van der Waals surface area contributed by atoms with Crippen LogP contribution in [-0.4, -0.2) is 65.3 Å². The van der Waals surface area contributed by atoms with Crippen molar-refractivity contribution in [3.05, 3.63) is 53.1 Å². The summed E-state index contributed by atoms with van der Waals surface area (Å²) < 4.78 is 22.9. The molecule has 5 unspecified atom stereocenters. The van der Waals surface area contributed by atoms with Crippen molar-refractivity contribution < 1.29 is 48.0 Å². The normalized spacial score (nSPS) is 14.3. The lowest BCUT2D eigenvalue weighted by molar-refractivity contribution is -0.167. The van der Waals surface area contributed by atoms with E-state index in [1.807, 2.05) is 59.4 Å². The molecule has 11 heteroatoms. The second-order valence-corrected chi connectivity index (χ2v) is 22.6. The molecular formula is C57H94O10S. The fourth-order valence-corrected chi connectivity index (χ4v) is 9.03. The summed E-state index contributed by atoms with van der Waals surface area (Å²) in [6.07, 6.45) is 22.9. The van der Waals surface area contributed by atoms with Crippen LogP contribution in [0.1, 0.15) is 208 Å². The molecule has 0 aliphatic heterocycles. The highest BCUT2D eigenvalue weighted by molar-refractivity contribution is 8.00. The van der Waals surface area contributed by atoms with Crippen LogP contribution in [0.2, 0.25) is 0 Å².